The number of carbonyl (C=O) groups is 2. The lowest BCUT2D eigenvalue weighted by Crippen LogP contribution is -2.29. The number of nitrogens with one attached hydrogen (secondary N) is 2. The molecule has 0 spiro atoms. The highest BCUT2D eigenvalue weighted by atomic mass is 16.5. The molecule has 0 heterocycles. The Balaban J connectivity index is 1.57. The van der Waals surface area contributed by atoms with E-state index < -0.39 is 0 Å². The first-order valence-corrected chi connectivity index (χ1v) is 7.91. The number of ether oxygens (including phenoxy) is 1. The van der Waals surface area contributed by atoms with Gasteiger partial charge in [-0.25, -0.2) is 0 Å². The molecule has 5 heteroatoms. The summed E-state index contributed by atoms with van der Waals surface area (Å²) >= 11 is 0. The maximum atomic E-state index is 12.3. The topological polar surface area (TPSA) is 67.4 Å². The normalized spacial score (nSPS) is 23.0. The van der Waals surface area contributed by atoms with E-state index in [1.165, 1.54) is 0 Å². The fourth-order valence-corrected chi connectivity index (χ4v) is 2.46. The Kier molecular flexibility index (Phi) is 4.05. The van der Waals surface area contributed by atoms with Crippen molar-refractivity contribution in [3.8, 4) is 5.75 Å². The van der Waals surface area contributed by atoms with Crippen LogP contribution in [-0.2, 0) is 9.59 Å². The minimum Gasteiger partial charge on any atom is -0.489 e. The summed E-state index contributed by atoms with van der Waals surface area (Å²) in [5.41, 5.74) is 0.662. The minimum atomic E-state index is -0.217. The van der Waals surface area contributed by atoms with Crippen molar-refractivity contribution in [3.05, 3.63) is 24.3 Å². The Morgan fingerprint density at radius 2 is 1.82 bits per heavy atom. The van der Waals surface area contributed by atoms with Crippen LogP contribution in [-0.4, -0.2) is 24.0 Å². The van der Waals surface area contributed by atoms with Gasteiger partial charge in [-0.05, 0) is 45.2 Å². The van der Waals surface area contributed by atoms with Crippen molar-refractivity contribution in [2.24, 2.45) is 11.8 Å². The van der Waals surface area contributed by atoms with Gasteiger partial charge in [-0.1, -0.05) is 12.1 Å². The van der Waals surface area contributed by atoms with Crippen molar-refractivity contribution in [3.63, 3.8) is 0 Å². The number of carbonyl (C=O) groups excluding carboxylic acids is 2. The number of hydrogen-bond donors (Lipinski definition) is 2. The summed E-state index contributed by atoms with van der Waals surface area (Å²) in [6.07, 6.45) is 2.80. The molecular weight excluding hydrogens is 280 g/mol. The second-order valence-corrected chi connectivity index (χ2v) is 6.38. The van der Waals surface area contributed by atoms with Gasteiger partial charge in [0.2, 0.25) is 11.8 Å². The van der Waals surface area contributed by atoms with Crippen LogP contribution < -0.4 is 15.4 Å². The monoisotopic (exact) mass is 302 g/mol. The first-order chi connectivity index (χ1) is 10.5. The van der Waals surface area contributed by atoms with E-state index in [1.54, 1.807) is 0 Å². The third-order valence-corrected chi connectivity index (χ3v) is 3.90. The number of para-hydroxylation sites is 2. The van der Waals surface area contributed by atoms with Crippen LogP contribution in [0.25, 0.3) is 0 Å². The lowest BCUT2D eigenvalue weighted by Gasteiger charge is -2.14. The van der Waals surface area contributed by atoms with Crippen LogP contribution in [0.4, 0.5) is 5.69 Å². The van der Waals surface area contributed by atoms with Crippen LogP contribution in [0.3, 0.4) is 0 Å². The van der Waals surface area contributed by atoms with E-state index in [0.717, 1.165) is 12.8 Å². The molecule has 0 aliphatic heterocycles. The molecule has 22 heavy (non-hydrogen) atoms. The predicted molar refractivity (Wildman–Crippen MR) is 83.6 cm³/mol. The molecule has 2 aliphatic carbocycles. The van der Waals surface area contributed by atoms with E-state index in [1.807, 2.05) is 38.1 Å². The Labute approximate surface area is 130 Å². The molecule has 2 aliphatic rings. The lowest BCUT2D eigenvalue weighted by molar-refractivity contribution is -0.125. The summed E-state index contributed by atoms with van der Waals surface area (Å²) in [6.45, 7) is 3.88. The van der Waals surface area contributed by atoms with Gasteiger partial charge in [0.05, 0.1) is 23.6 Å². The van der Waals surface area contributed by atoms with Gasteiger partial charge in [-0.15, -0.1) is 0 Å². The largest absolute Gasteiger partial charge is 0.489 e. The van der Waals surface area contributed by atoms with Crippen LogP contribution >= 0.6 is 0 Å². The third-order valence-electron chi connectivity index (χ3n) is 3.90. The minimum absolute atomic E-state index is 0.0226. The van der Waals surface area contributed by atoms with Crippen LogP contribution in [0.15, 0.2) is 24.3 Å². The van der Waals surface area contributed by atoms with E-state index in [0.29, 0.717) is 23.9 Å². The quantitative estimate of drug-likeness (QED) is 0.847. The highest BCUT2D eigenvalue weighted by molar-refractivity contribution is 6.00. The Morgan fingerprint density at radius 1 is 1.14 bits per heavy atom. The zero-order valence-electron chi connectivity index (χ0n) is 13.0. The molecule has 2 unspecified atom stereocenters. The smallest absolute Gasteiger partial charge is 0.228 e. The highest BCUT2D eigenvalue weighted by Gasteiger charge is 2.49. The van der Waals surface area contributed by atoms with Gasteiger partial charge >= 0.3 is 0 Å². The first-order valence-electron chi connectivity index (χ1n) is 7.91. The average Bonchev–Trinajstić information content (AvgIpc) is 3.34. The van der Waals surface area contributed by atoms with E-state index in [2.05, 4.69) is 10.6 Å². The molecule has 2 N–H and O–H groups in total. The summed E-state index contributed by atoms with van der Waals surface area (Å²) in [5, 5.41) is 5.85. The van der Waals surface area contributed by atoms with Gasteiger partial charge < -0.3 is 15.4 Å². The van der Waals surface area contributed by atoms with Crippen molar-refractivity contribution in [2.75, 3.05) is 5.32 Å². The molecule has 1 aromatic rings. The van der Waals surface area contributed by atoms with Crippen LogP contribution in [0.2, 0.25) is 0 Å². The van der Waals surface area contributed by atoms with E-state index in [-0.39, 0.29) is 29.8 Å². The number of rotatable bonds is 6. The molecule has 0 aromatic heterocycles. The zero-order chi connectivity index (χ0) is 15.7. The zero-order valence-corrected chi connectivity index (χ0v) is 13.0. The molecule has 5 nitrogen and oxygen atoms in total. The Bertz CT molecular complexity index is 581. The molecule has 118 valence electrons. The summed E-state index contributed by atoms with van der Waals surface area (Å²) in [5.74, 6) is 0.195. The molecule has 2 saturated carbocycles. The predicted octanol–water partition coefficient (Wildman–Crippen LogP) is 2.33. The first kappa shape index (κ1) is 14.9. The van der Waals surface area contributed by atoms with E-state index in [4.69, 9.17) is 4.74 Å². The average molecular weight is 302 g/mol. The van der Waals surface area contributed by atoms with Gasteiger partial charge in [-0.2, -0.15) is 0 Å². The molecule has 2 fully saturated rings. The molecular formula is C17H22N2O3. The molecule has 1 aromatic carbocycles. The van der Waals surface area contributed by atoms with Crippen LogP contribution in [0.1, 0.15) is 33.1 Å². The molecule has 0 radical (unpaired) electrons. The van der Waals surface area contributed by atoms with Crippen molar-refractivity contribution >= 4 is 17.5 Å². The second-order valence-electron chi connectivity index (χ2n) is 6.38. The second kappa shape index (κ2) is 5.99. The van der Waals surface area contributed by atoms with Crippen molar-refractivity contribution in [1.29, 1.82) is 0 Å². The van der Waals surface area contributed by atoms with Crippen LogP contribution in [0.5, 0.6) is 5.75 Å². The molecule has 0 saturated heterocycles. The van der Waals surface area contributed by atoms with E-state index in [9.17, 15) is 9.59 Å². The van der Waals surface area contributed by atoms with E-state index >= 15 is 0 Å². The summed E-state index contributed by atoms with van der Waals surface area (Å²) in [7, 11) is 0. The fourth-order valence-electron chi connectivity index (χ4n) is 2.46. The van der Waals surface area contributed by atoms with Crippen molar-refractivity contribution in [1.82, 2.24) is 5.32 Å². The van der Waals surface area contributed by atoms with Gasteiger partial charge in [0.25, 0.3) is 0 Å². The maximum absolute atomic E-state index is 12.3. The molecule has 3 rings (SSSR count). The highest BCUT2D eigenvalue weighted by Crippen LogP contribution is 2.40. The Hall–Kier alpha value is -2.04. The fraction of sp³-hybridized carbons (Fsp3) is 0.529. The Morgan fingerprint density at radius 3 is 2.50 bits per heavy atom. The van der Waals surface area contributed by atoms with Crippen LogP contribution in [0, 0.1) is 11.8 Å². The molecule has 2 atom stereocenters. The number of benzene rings is 1. The maximum Gasteiger partial charge on any atom is 0.228 e. The third kappa shape index (κ3) is 3.59. The van der Waals surface area contributed by atoms with Crippen molar-refractivity contribution in [2.45, 2.75) is 45.3 Å². The summed E-state index contributed by atoms with van der Waals surface area (Å²) in [4.78, 5) is 24.2. The van der Waals surface area contributed by atoms with Gasteiger partial charge in [-0.3, -0.25) is 9.59 Å². The standard InChI is InChI=1S/C17H22N2O3/c1-10(2)22-15-6-4-3-5-14(15)19-17(21)13-9-12(13)16(20)18-11-7-8-11/h3-6,10-13H,7-9H2,1-2H3,(H,18,20)(H,19,21). The molecule has 0 bridgehead atoms. The van der Waals surface area contributed by atoms with Gasteiger partial charge in [0, 0.05) is 6.04 Å². The summed E-state index contributed by atoms with van der Waals surface area (Å²) in [6, 6.07) is 7.72. The van der Waals surface area contributed by atoms with Gasteiger partial charge in [0.1, 0.15) is 5.75 Å². The summed E-state index contributed by atoms with van der Waals surface area (Å²) < 4.78 is 5.69. The lowest BCUT2D eigenvalue weighted by atomic mass is 10.2. The number of hydrogen-bond acceptors (Lipinski definition) is 3. The number of amides is 2. The van der Waals surface area contributed by atoms with Gasteiger partial charge in [0.15, 0.2) is 0 Å². The SMILES string of the molecule is CC(C)Oc1ccccc1NC(=O)C1CC1C(=O)NC1CC1. The number of anilines is 1. The molecule has 2 amide bonds. The van der Waals surface area contributed by atoms with Crippen molar-refractivity contribution < 1.29 is 14.3 Å².